The fourth-order valence-electron chi connectivity index (χ4n) is 1.34. The Labute approximate surface area is 94.8 Å². The third-order valence-corrected chi connectivity index (χ3v) is 2.58. The molecule has 3 N–H and O–H groups in total. The second kappa shape index (κ2) is 5.35. The molecule has 3 nitrogen and oxygen atoms in total. The Hall–Kier alpha value is -0.770. The second-order valence-electron chi connectivity index (χ2n) is 3.32. The fourth-order valence-corrected chi connectivity index (χ4v) is 1.51. The molecule has 0 aliphatic rings. The highest BCUT2D eigenvalue weighted by molar-refractivity contribution is 6.31. The van der Waals surface area contributed by atoms with Crippen molar-refractivity contribution in [2.45, 2.75) is 20.0 Å². The molecule has 0 fully saturated rings. The van der Waals surface area contributed by atoms with Crippen LogP contribution in [-0.2, 0) is 0 Å². The number of hydrogen-bond acceptors (Lipinski definition) is 3. The van der Waals surface area contributed by atoms with Crippen molar-refractivity contribution < 1.29 is 9.84 Å². The third kappa shape index (κ3) is 2.84. The normalized spacial score (nSPS) is 12.6. The fraction of sp³-hybridized carbons (Fsp3) is 0.455. The maximum atomic E-state index is 9.69. The van der Waals surface area contributed by atoms with Gasteiger partial charge in [0.1, 0.15) is 5.75 Å². The van der Waals surface area contributed by atoms with Gasteiger partial charge in [0.15, 0.2) is 0 Å². The van der Waals surface area contributed by atoms with Gasteiger partial charge in [-0.2, -0.15) is 0 Å². The monoisotopic (exact) mass is 229 g/mol. The molecule has 0 bridgehead atoms. The Kier molecular flexibility index (Phi) is 4.39. The highest BCUT2D eigenvalue weighted by Crippen LogP contribution is 2.30. The molecule has 1 atom stereocenters. The van der Waals surface area contributed by atoms with E-state index in [-0.39, 0.29) is 6.54 Å². The average Bonchev–Trinajstić information content (AvgIpc) is 2.22. The van der Waals surface area contributed by atoms with Crippen molar-refractivity contribution in [3.8, 4) is 5.75 Å². The highest BCUT2D eigenvalue weighted by atomic mass is 35.5. The molecule has 1 aromatic rings. The third-order valence-electron chi connectivity index (χ3n) is 2.17. The smallest absolute Gasteiger partial charge is 0.125 e. The van der Waals surface area contributed by atoms with Crippen molar-refractivity contribution >= 4 is 11.6 Å². The van der Waals surface area contributed by atoms with Crippen molar-refractivity contribution in [1.29, 1.82) is 0 Å². The average molecular weight is 230 g/mol. The van der Waals surface area contributed by atoms with Crippen LogP contribution in [0.15, 0.2) is 12.1 Å². The van der Waals surface area contributed by atoms with E-state index in [4.69, 9.17) is 22.1 Å². The molecular weight excluding hydrogens is 214 g/mol. The van der Waals surface area contributed by atoms with Crippen LogP contribution in [0, 0.1) is 6.92 Å². The molecule has 0 aliphatic heterocycles. The number of hydrogen-bond donors (Lipinski definition) is 2. The molecule has 4 heteroatoms. The Bertz CT molecular complexity index is 342. The van der Waals surface area contributed by atoms with E-state index in [2.05, 4.69) is 0 Å². The van der Waals surface area contributed by atoms with Gasteiger partial charge in [0.25, 0.3) is 0 Å². The van der Waals surface area contributed by atoms with E-state index in [1.807, 2.05) is 19.9 Å². The summed E-state index contributed by atoms with van der Waals surface area (Å²) in [5.74, 6) is 0.650. The number of benzene rings is 1. The minimum absolute atomic E-state index is 0.152. The highest BCUT2D eigenvalue weighted by Gasteiger charge is 2.14. The van der Waals surface area contributed by atoms with E-state index in [0.717, 1.165) is 5.56 Å². The van der Waals surface area contributed by atoms with E-state index in [0.29, 0.717) is 22.9 Å². The lowest BCUT2D eigenvalue weighted by Crippen LogP contribution is -2.13. The number of ether oxygens (including phenoxy) is 1. The standard InChI is InChI=1S/C11H16ClNO2/c1-3-15-11-4-7(2)9(12)5-8(11)10(14)6-13/h4-5,10,14H,3,6,13H2,1-2H3. The number of halogens is 1. The predicted octanol–water partition coefficient (Wildman–Crippen LogP) is 2.04. The summed E-state index contributed by atoms with van der Waals surface area (Å²) in [6.07, 6.45) is -0.732. The van der Waals surface area contributed by atoms with Gasteiger partial charge in [-0.1, -0.05) is 11.6 Å². The molecule has 0 saturated carbocycles. The van der Waals surface area contributed by atoms with Gasteiger partial charge < -0.3 is 15.6 Å². The van der Waals surface area contributed by atoms with Crippen LogP contribution >= 0.6 is 11.6 Å². The van der Waals surface area contributed by atoms with Crippen LogP contribution in [0.5, 0.6) is 5.75 Å². The topological polar surface area (TPSA) is 55.5 Å². The number of aryl methyl sites for hydroxylation is 1. The molecule has 1 unspecified atom stereocenters. The SMILES string of the molecule is CCOc1cc(C)c(Cl)cc1C(O)CN. The molecule has 1 aromatic carbocycles. The van der Waals surface area contributed by atoms with E-state index < -0.39 is 6.10 Å². The summed E-state index contributed by atoms with van der Waals surface area (Å²) >= 11 is 5.98. The van der Waals surface area contributed by atoms with Crippen molar-refractivity contribution in [3.63, 3.8) is 0 Å². The Morgan fingerprint density at radius 2 is 2.20 bits per heavy atom. The first-order valence-electron chi connectivity index (χ1n) is 4.91. The lowest BCUT2D eigenvalue weighted by molar-refractivity contribution is 0.180. The minimum atomic E-state index is -0.732. The van der Waals surface area contributed by atoms with Crippen LogP contribution in [0.2, 0.25) is 5.02 Å². The molecule has 0 aromatic heterocycles. The zero-order chi connectivity index (χ0) is 11.4. The molecule has 0 heterocycles. The van der Waals surface area contributed by atoms with Gasteiger partial charge in [-0.15, -0.1) is 0 Å². The Morgan fingerprint density at radius 3 is 2.73 bits per heavy atom. The van der Waals surface area contributed by atoms with Gasteiger partial charge in [0, 0.05) is 17.1 Å². The molecule has 0 aliphatic carbocycles. The maximum Gasteiger partial charge on any atom is 0.125 e. The molecular formula is C11H16ClNO2. The van der Waals surface area contributed by atoms with E-state index in [1.54, 1.807) is 6.07 Å². The minimum Gasteiger partial charge on any atom is -0.493 e. The van der Waals surface area contributed by atoms with Crippen LogP contribution in [0.3, 0.4) is 0 Å². The quantitative estimate of drug-likeness (QED) is 0.831. The van der Waals surface area contributed by atoms with Crippen LogP contribution in [0.1, 0.15) is 24.2 Å². The van der Waals surface area contributed by atoms with E-state index in [1.165, 1.54) is 0 Å². The summed E-state index contributed by atoms with van der Waals surface area (Å²) in [4.78, 5) is 0. The predicted molar refractivity (Wildman–Crippen MR) is 61.4 cm³/mol. The summed E-state index contributed by atoms with van der Waals surface area (Å²) in [5, 5.41) is 10.3. The molecule has 1 rings (SSSR count). The molecule has 15 heavy (non-hydrogen) atoms. The van der Waals surface area contributed by atoms with Crippen molar-refractivity contribution in [1.82, 2.24) is 0 Å². The van der Waals surface area contributed by atoms with Gasteiger partial charge in [-0.05, 0) is 31.5 Å². The first-order chi connectivity index (χ1) is 7.10. The van der Waals surface area contributed by atoms with Gasteiger partial charge in [-0.3, -0.25) is 0 Å². The molecule has 0 spiro atoms. The maximum absolute atomic E-state index is 9.69. The number of rotatable bonds is 4. The lowest BCUT2D eigenvalue weighted by Gasteiger charge is -2.15. The van der Waals surface area contributed by atoms with E-state index >= 15 is 0 Å². The van der Waals surface area contributed by atoms with Crippen LogP contribution < -0.4 is 10.5 Å². The van der Waals surface area contributed by atoms with Crippen molar-refractivity contribution in [2.24, 2.45) is 5.73 Å². The summed E-state index contributed by atoms with van der Waals surface area (Å²) in [6, 6.07) is 3.53. The van der Waals surface area contributed by atoms with Crippen LogP contribution in [0.4, 0.5) is 0 Å². The summed E-state index contributed by atoms with van der Waals surface area (Å²) in [7, 11) is 0. The Balaban J connectivity index is 3.15. The van der Waals surface area contributed by atoms with Gasteiger partial charge >= 0.3 is 0 Å². The van der Waals surface area contributed by atoms with Gasteiger partial charge in [-0.25, -0.2) is 0 Å². The summed E-state index contributed by atoms with van der Waals surface area (Å²) in [6.45, 7) is 4.48. The summed E-state index contributed by atoms with van der Waals surface area (Å²) < 4.78 is 5.42. The van der Waals surface area contributed by atoms with Crippen molar-refractivity contribution in [3.05, 3.63) is 28.3 Å². The number of aliphatic hydroxyl groups excluding tert-OH is 1. The second-order valence-corrected chi connectivity index (χ2v) is 3.73. The first kappa shape index (κ1) is 12.3. The largest absolute Gasteiger partial charge is 0.493 e. The molecule has 0 radical (unpaired) electrons. The lowest BCUT2D eigenvalue weighted by atomic mass is 10.1. The van der Waals surface area contributed by atoms with Gasteiger partial charge in [0.2, 0.25) is 0 Å². The molecule has 0 amide bonds. The molecule has 84 valence electrons. The first-order valence-corrected chi connectivity index (χ1v) is 5.28. The van der Waals surface area contributed by atoms with Crippen LogP contribution in [-0.4, -0.2) is 18.3 Å². The van der Waals surface area contributed by atoms with Crippen molar-refractivity contribution in [2.75, 3.05) is 13.2 Å². The summed E-state index contributed by atoms with van der Waals surface area (Å²) in [5.41, 5.74) is 6.98. The Morgan fingerprint density at radius 1 is 1.53 bits per heavy atom. The van der Waals surface area contributed by atoms with E-state index in [9.17, 15) is 5.11 Å². The van der Waals surface area contributed by atoms with Crippen LogP contribution in [0.25, 0.3) is 0 Å². The zero-order valence-corrected chi connectivity index (χ0v) is 9.71. The molecule has 0 saturated heterocycles. The number of nitrogens with two attached hydrogens (primary N) is 1. The van der Waals surface area contributed by atoms with Gasteiger partial charge in [0.05, 0.1) is 12.7 Å². The number of aliphatic hydroxyl groups is 1. The zero-order valence-electron chi connectivity index (χ0n) is 8.96.